The van der Waals surface area contributed by atoms with E-state index in [-0.39, 0.29) is 11.8 Å². The number of hydrogen-bond donors (Lipinski definition) is 1. The lowest BCUT2D eigenvalue weighted by Crippen LogP contribution is -2.40. The molecular weight excluding hydrogens is 522 g/mol. The van der Waals surface area contributed by atoms with Crippen LogP contribution in [0.2, 0.25) is 5.02 Å². The van der Waals surface area contributed by atoms with E-state index >= 15 is 0 Å². The zero-order valence-corrected chi connectivity index (χ0v) is 22.7. The number of allylic oxidation sites excluding steroid dienone is 1. The molecule has 7 nitrogen and oxygen atoms in total. The Morgan fingerprint density at radius 2 is 1.88 bits per heavy atom. The molecule has 200 valence electrons. The van der Waals surface area contributed by atoms with Crippen LogP contribution in [-0.4, -0.2) is 39.3 Å². The van der Waals surface area contributed by atoms with Gasteiger partial charge in [-0.25, -0.2) is 4.99 Å². The highest BCUT2D eigenvalue weighted by molar-refractivity contribution is 6.35. The monoisotopic (exact) mass is 549 g/mol. The Hall–Kier alpha value is -4.10. The van der Waals surface area contributed by atoms with Crippen LogP contribution < -0.4 is 5.32 Å². The molecule has 2 aromatic carbocycles. The molecule has 0 unspecified atom stereocenters. The molecule has 2 aliphatic heterocycles. The molecule has 1 saturated carbocycles. The van der Waals surface area contributed by atoms with Gasteiger partial charge >= 0.3 is 0 Å². The third kappa shape index (κ3) is 3.91. The molecule has 8 heteroatoms. The summed E-state index contributed by atoms with van der Waals surface area (Å²) in [5.41, 5.74) is 3.51. The number of pyridine rings is 1. The molecule has 2 aliphatic carbocycles. The zero-order chi connectivity index (χ0) is 27.5. The molecule has 1 atom stereocenters. The molecule has 4 aliphatic rings. The van der Waals surface area contributed by atoms with Crippen LogP contribution in [0.15, 0.2) is 83.2 Å². The molecule has 2 amide bonds. The van der Waals surface area contributed by atoms with Crippen molar-refractivity contribution in [2.24, 2.45) is 15.4 Å². The van der Waals surface area contributed by atoms with Crippen molar-refractivity contribution in [2.45, 2.75) is 50.6 Å². The van der Waals surface area contributed by atoms with E-state index in [1.165, 1.54) is 0 Å². The topological polar surface area (TPSA) is 87.0 Å². The fourth-order valence-electron chi connectivity index (χ4n) is 6.66. The number of carbonyl (C=O) groups excluding carboxylic acids is 2. The lowest BCUT2D eigenvalue weighted by atomic mass is 9.85. The Balaban J connectivity index is 1.21. The molecule has 7 rings (SSSR count). The standard InChI is InChI=1S/C32H28ClN5O2/c1-2-11-34-27-17-31(29(39)36-27)15-22-13-21-12-20(18-35-26(21)14-23(22)16-31)19-38-28(24-7-3-4-8-25(24)33)37-32(30(38)40)9-5-6-10-32/h2-4,7-8,11-14,17-18H,1,5-6,9-10,15-16,19H2,(H,36,39)/t31-/m0/s1. The van der Waals surface area contributed by atoms with E-state index in [9.17, 15) is 9.59 Å². The van der Waals surface area contributed by atoms with Crippen LogP contribution in [0.25, 0.3) is 10.9 Å². The van der Waals surface area contributed by atoms with E-state index in [1.54, 1.807) is 17.2 Å². The number of aromatic nitrogens is 1. The Morgan fingerprint density at radius 3 is 2.65 bits per heavy atom. The van der Waals surface area contributed by atoms with Crippen molar-refractivity contribution in [3.05, 3.63) is 100 Å². The molecule has 0 saturated heterocycles. The van der Waals surface area contributed by atoms with Crippen molar-refractivity contribution in [3.63, 3.8) is 0 Å². The summed E-state index contributed by atoms with van der Waals surface area (Å²) < 4.78 is 0. The van der Waals surface area contributed by atoms with Crippen molar-refractivity contribution in [2.75, 3.05) is 0 Å². The van der Waals surface area contributed by atoms with Crippen LogP contribution in [0.5, 0.6) is 0 Å². The minimum atomic E-state index is -0.683. The highest BCUT2D eigenvalue weighted by Gasteiger charge is 2.50. The molecule has 1 aromatic heterocycles. The summed E-state index contributed by atoms with van der Waals surface area (Å²) in [6.45, 7) is 4.01. The average molecular weight is 550 g/mol. The van der Waals surface area contributed by atoms with Crippen LogP contribution in [0.1, 0.15) is 47.9 Å². The van der Waals surface area contributed by atoms with Crippen LogP contribution in [0, 0.1) is 5.41 Å². The van der Waals surface area contributed by atoms with E-state index < -0.39 is 11.0 Å². The van der Waals surface area contributed by atoms with Crippen molar-refractivity contribution in [3.8, 4) is 0 Å². The average Bonchev–Trinajstić information content (AvgIpc) is 3.70. The largest absolute Gasteiger partial charge is 0.310 e. The van der Waals surface area contributed by atoms with Gasteiger partial charge in [0.05, 0.1) is 22.5 Å². The van der Waals surface area contributed by atoms with E-state index in [4.69, 9.17) is 21.6 Å². The molecule has 3 aromatic rings. The second kappa shape index (κ2) is 9.24. The smallest absolute Gasteiger partial charge is 0.256 e. The van der Waals surface area contributed by atoms with E-state index in [1.807, 2.05) is 36.5 Å². The number of hydrogen-bond acceptors (Lipinski definition) is 5. The Labute approximate surface area is 237 Å². The van der Waals surface area contributed by atoms with Crippen molar-refractivity contribution in [1.29, 1.82) is 0 Å². The van der Waals surface area contributed by atoms with Crippen molar-refractivity contribution >= 4 is 46.4 Å². The first kappa shape index (κ1) is 24.9. The molecule has 1 N–H and O–H groups in total. The number of halogens is 1. The minimum Gasteiger partial charge on any atom is -0.310 e. The van der Waals surface area contributed by atoms with Gasteiger partial charge in [-0.3, -0.25) is 24.5 Å². The molecule has 2 spiro atoms. The third-order valence-corrected chi connectivity index (χ3v) is 8.93. The number of benzene rings is 2. The molecule has 40 heavy (non-hydrogen) atoms. The summed E-state index contributed by atoms with van der Waals surface area (Å²) in [5, 5.41) is 4.46. The summed E-state index contributed by atoms with van der Waals surface area (Å²) in [6, 6.07) is 13.9. The third-order valence-electron chi connectivity index (χ3n) is 8.60. The second-order valence-corrected chi connectivity index (χ2v) is 11.6. The second-order valence-electron chi connectivity index (χ2n) is 11.2. The first-order valence-electron chi connectivity index (χ1n) is 13.7. The maximum absolute atomic E-state index is 13.8. The summed E-state index contributed by atoms with van der Waals surface area (Å²) in [5.74, 6) is 1.22. The first-order chi connectivity index (χ1) is 19.4. The molecule has 0 bridgehead atoms. The summed E-state index contributed by atoms with van der Waals surface area (Å²) in [6.07, 6.45) is 11.7. The predicted octanol–water partition coefficient (Wildman–Crippen LogP) is 5.30. The highest BCUT2D eigenvalue weighted by atomic mass is 35.5. The van der Waals surface area contributed by atoms with Crippen LogP contribution in [-0.2, 0) is 29.0 Å². The molecule has 1 fully saturated rings. The molecule has 3 heterocycles. The van der Waals surface area contributed by atoms with Gasteiger partial charge in [0.25, 0.3) is 5.91 Å². The summed E-state index contributed by atoms with van der Waals surface area (Å²) in [4.78, 5) is 42.6. The quantitative estimate of drug-likeness (QED) is 0.438. The number of aliphatic imine (C=N–C) groups is 2. The zero-order valence-electron chi connectivity index (χ0n) is 22.0. The summed E-state index contributed by atoms with van der Waals surface area (Å²) in [7, 11) is 0. The lowest BCUT2D eigenvalue weighted by Gasteiger charge is -2.23. The Bertz CT molecular complexity index is 1700. The Morgan fingerprint density at radius 1 is 1.10 bits per heavy atom. The van der Waals surface area contributed by atoms with Gasteiger partial charge < -0.3 is 5.32 Å². The number of amidine groups is 1. The number of fused-ring (bicyclic) bond motifs is 2. The number of nitrogens with one attached hydrogen (secondary N) is 1. The normalized spacial score (nSPS) is 23.0. The molecule has 0 radical (unpaired) electrons. The van der Waals surface area contributed by atoms with Crippen molar-refractivity contribution < 1.29 is 9.59 Å². The van der Waals surface area contributed by atoms with Gasteiger partial charge in [-0.2, -0.15) is 0 Å². The lowest BCUT2D eigenvalue weighted by molar-refractivity contribution is -0.131. The number of rotatable bonds is 5. The van der Waals surface area contributed by atoms with E-state index in [2.05, 4.69) is 35.1 Å². The Kier molecular flexibility index (Phi) is 5.75. The minimum absolute atomic E-state index is 0.0302. The molecular formula is C32H28ClN5O2. The van der Waals surface area contributed by atoms with Crippen molar-refractivity contribution in [1.82, 2.24) is 15.2 Å². The fraction of sp³-hybridized carbons (Fsp3) is 0.281. The van der Waals surface area contributed by atoms with Gasteiger partial charge in [0.2, 0.25) is 5.91 Å². The number of amides is 2. The predicted molar refractivity (Wildman–Crippen MR) is 156 cm³/mol. The van der Waals surface area contributed by atoms with Crippen LogP contribution in [0.3, 0.4) is 0 Å². The maximum atomic E-state index is 13.8. The summed E-state index contributed by atoms with van der Waals surface area (Å²) >= 11 is 6.57. The first-order valence-corrected chi connectivity index (χ1v) is 14.0. The van der Waals surface area contributed by atoms with E-state index in [0.29, 0.717) is 36.1 Å². The van der Waals surface area contributed by atoms with Gasteiger partial charge in [0.15, 0.2) is 0 Å². The highest BCUT2D eigenvalue weighted by Crippen LogP contribution is 2.44. The van der Waals surface area contributed by atoms with Gasteiger partial charge in [-0.15, -0.1) is 0 Å². The number of nitrogens with zero attached hydrogens (tertiary/aromatic N) is 4. The SMILES string of the molecule is C=CC=NC1=C[C@@]2(Cc3cc4cc(CN5C(=O)C6(CCCC6)N=C5c5ccccc5Cl)cnc4cc3C2)C(=O)N1. The van der Waals surface area contributed by atoms with Gasteiger partial charge in [0, 0.05) is 23.4 Å². The van der Waals surface area contributed by atoms with E-state index in [0.717, 1.165) is 58.8 Å². The maximum Gasteiger partial charge on any atom is 0.256 e. The van der Waals surface area contributed by atoms with Gasteiger partial charge in [0.1, 0.15) is 17.2 Å². The fourth-order valence-corrected chi connectivity index (χ4v) is 6.88. The van der Waals surface area contributed by atoms with Crippen LogP contribution >= 0.6 is 11.6 Å². The van der Waals surface area contributed by atoms with Gasteiger partial charge in [-0.1, -0.05) is 49.2 Å². The van der Waals surface area contributed by atoms with Gasteiger partial charge in [-0.05, 0) is 78.8 Å². The number of carbonyl (C=O) groups is 2. The van der Waals surface area contributed by atoms with Crippen LogP contribution in [0.4, 0.5) is 0 Å².